The topological polar surface area (TPSA) is 91.9 Å². The quantitative estimate of drug-likeness (QED) is 0.696. The molecule has 3 N–H and O–H groups in total. The Balaban J connectivity index is 2.34. The molecule has 0 bridgehead atoms. The number of hydrogen-bond acceptors (Lipinski definition) is 4. The number of H-pyrrole nitrogens is 1. The molecule has 7 heteroatoms. The third-order valence-electron chi connectivity index (χ3n) is 2.07. The van der Waals surface area contributed by atoms with Crippen molar-refractivity contribution in [2.45, 2.75) is 0 Å². The third kappa shape index (κ3) is 1.74. The van der Waals surface area contributed by atoms with Gasteiger partial charge in [0.15, 0.2) is 0 Å². The molecule has 0 aliphatic heterocycles. The fraction of sp³-hybridized carbons (Fsp3) is 0.222. The van der Waals surface area contributed by atoms with Crippen LogP contribution in [0, 0.1) is 0 Å². The summed E-state index contributed by atoms with van der Waals surface area (Å²) in [5.74, 6) is 0.923. The lowest BCUT2D eigenvalue weighted by atomic mass is 10.3. The minimum Gasteiger partial charge on any atom is -0.479 e. The van der Waals surface area contributed by atoms with Crippen LogP contribution in [0.3, 0.4) is 0 Å². The summed E-state index contributed by atoms with van der Waals surface area (Å²) in [4.78, 5) is 15.1. The Hall–Kier alpha value is -2.31. The van der Waals surface area contributed by atoms with Gasteiger partial charge in [-0.25, -0.2) is 9.78 Å². The Morgan fingerprint density at radius 3 is 3.06 bits per heavy atom. The number of pyridine rings is 1. The molecule has 2 aromatic rings. The van der Waals surface area contributed by atoms with E-state index in [4.69, 9.17) is 4.74 Å². The second kappa shape index (κ2) is 4.05. The van der Waals surface area contributed by atoms with Gasteiger partial charge in [-0.05, 0) is 0 Å². The molecular weight excluding hydrogens is 210 g/mol. The smallest absolute Gasteiger partial charge is 0.320 e. The average molecular weight is 221 g/mol. The Labute approximate surface area is 91.2 Å². The van der Waals surface area contributed by atoms with E-state index >= 15 is 0 Å². The number of hydrogen-bond donors (Lipinski definition) is 3. The predicted octanol–water partition coefficient (Wildman–Crippen LogP) is 0.718. The first kappa shape index (κ1) is 10.2. The number of rotatable bonds is 2. The Morgan fingerprint density at radius 2 is 2.38 bits per heavy atom. The SMILES string of the molecule is CNC(=O)Nc1cc2[nH]nc(OC)c2cn1. The number of ether oxygens (including phenoxy) is 1. The number of fused-ring (bicyclic) bond motifs is 1. The largest absolute Gasteiger partial charge is 0.479 e. The van der Waals surface area contributed by atoms with E-state index in [1.54, 1.807) is 12.3 Å². The molecule has 0 saturated heterocycles. The second-order valence-electron chi connectivity index (χ2n) is 3.05. The molecule has 0 fully saturated rings. The minimum absolute atomic E-state index is 0.321. The first-order chi connectivity index (χ1) is 7.74. The molecule has 0 atom stereocenters. The van der Waals surface area contributed by atoms with Gasteiger partial charge in [0.05, 0.1) is 18.0 Å². The van der Waals surface area contributed by atoms with Crippen molar-refractivity contribution in [1.29, 1.82) is 0 Å². The molecule has 2 aromatic heterocycles. The summed E-state index contributed by atoms with van der Waals surface area (Å²) in [7, 11) is 3.07. The molecule has 0 unspecified atom stereocenters. The summed E-state index contributed by atoms with van der Waals surface area (Å²) >= 11 is 0. The number of carbonyl (C=O) groups excluding carboxylic acids is 1. The van der Waals surface area contributed by atoms with E-state index in [1.165, 1.54) is 14.2 Å². The molecule has 0 aliphatic carbocycles. The number of amides is 2. The lowest BCUT2D eigenvalue weighted by molar-refractivity contribution is 0.254. The number of aromatic nitrogens is 3. The Kier molecular flexibility index (Phi) is 2.59. The highest BCUT2D eigenvalue weighted by Crippen LogP contribution is 2.22. The lowest BCUT2D eigenvalue weighted by Gasteiger charge is -2.02. The summed E-state index contributed by atoms with van der Waals surface area (Å²) in [5, 5.41) is 12.5. The summed E-state index contributed by atoms with van der Waals surface area (Å²) < 4.78 is 5.03. The van der Waals surface area contributed by atoms with E-state index in [0.29, 0.717) is 11.7 Å². The van der Waals surface area contributed by atoms with Gasteiger partial charge in [0.2, 0.25) is 5.88 Å². The van der Waals surface area contributed by atoms with Gasteiger partial charge in [0.25, 0.3) is 0 Å². The summed E-state index contributed by atoms with van der Waals surface area (Å²) in [6.07, 6.45) is 1.59. The zero-order valence-electron chi connectivity index (χ0n) is 8.87. The van der Waals surface area contributed by atoms with Crippen LogP contribution >= 0.6 is 0 Å². The highest BCUT2D eigenvalue weighted by atomic mass is 16.5. The zero-order valence-corrected chi connectivity index (χ0v) is 8.87. The number of urea groups is 1. The highest BCUT2D eigenvalue weighted by Gasteiger charge is 2.07. The monoisotopic (exact) mass is 221 g/mol. The number of anilines is 1. The molecule has 7 nitrogen and oxygen atoms in total. The van der Waals surface area contributed by atoms with Gasteiger partial charge < -0.3 is 10.1 Å². The van der Waals surface area contributed by atoms with Gasteiger partial charge in [0, 0.05) is 19.3 Å². The fourth-order valence-electron chi connectivity index (χ4n) is 1.29. The van der Waals surface area contributed by atoms with Crippen LogP contribution in [0.5, 0.6) is 5.88 Å². The molecule has 16 heavy (non-hydrogen) atoms. The molecule has 2 rings (SSSR count). The van der Waals surface area contributed by atoms with E-state index in [1.807, 2.05) is 0 Å². The minimum atomic E-state index is -0.321. The van der Waals surface area contributed by atoms with E-state index in [9.17, 15) is 4.79 Å². The summed E-state index contributed by atoms with van der Waals surface area (Å²) in [6, 6.07) is 1.36. The van der Waals surface area contributed by atoms with Gasteiger partial charge in [-0.1, -0.05) is 0 Å². The van der Waals surface area contributed by atoms with Crippen LogP contribution in [-0.2, 0) is 0 Å². The number of nitrogens with zero attached hydrogens (tertiary/aromatic N) is 2. The van der Waals surface area contributed by atoms with Crippen LogP contribution in [0.25, 0.3) is 10.9 Å². The lowest BCUT2D eigenvalue weighted by Crippen LogP contribution is -2.24. The van der Waals surface area contributed by atoms with Gasteiger partial charge >= 0.3 is 6.03 Å². The van der Waals surface area contributed by atoms with Gasteiger partial charge in [-0.2, -0.15) is 0 Å². The van der Waals surface area contributed by atoms with Crippen molar-refractivity contribution < 1.29 is 9.53 Å². The van der Waals surface area contributed by atoms with E-state index in [0.717, 1.165) is 10.9 Å². The van der Waals surface area contributed by atoms with Crippen molar-refractivity contribution in [3.05, 3.63) is 12.3 Å². The molecule has 0 spiro atoms. The van der Waals surface area contributed by atoms with Crippen molar-refractivity contribution in [2.24, 2.45) is 0 Å². The molecule has 2 heterocycles. The van der Waals surface area contributed by atoms with Crippen LogP contribution in [0.4, 0.5) is 10.6 Å². The van der Waals surface area contributed by atoms with E-state index < -0.39 is 0 Å². The molecule has 0 aromatic carbocycles. The number of methoxy groups -OCH3 is 1. The van der Waals surface area contributed by atoms with Crippen LogP contribution in [0.1, 0.15) is 0 Å². The first-order valence-corrected chi connectivity index (χ1v) is 4.61. The van der Waals surface area contributed by atoms with E-state index in [2.05, 4.69) is 25.8 Å². The van der Waals surface area contributed by atoms with Crippen LogP contribution in [0.15, 0.2) is 12.3 Å². The standard InChI is InChI=1S/C9H11N5O2/c1-10-9(15)12-7-3-6-5(4-11-7)8(16-2)14-13-6/h3-4H,1-2H3,(H,13,14)(H2,10,11,12,15). The molecule has 0 radical (unpaired) electrons. The third-order valence-corrected chi connectivity index (χ3v) is 2.07. The number of carbonyl (C=O) groups is 1. The first-order valence-electron chi connectivity index (χ1n) is 4.61. The molecule has 84 valence electrons. The van der Waals surface area contributed by atoms with Crippen molar-refractivity contribution in [2.75, 3.05) is 19.5 Å². The normalized spacial score (nSPS) is 10.1. The molecular formula is C9H11N5O2. The van der Waals surface area contributed by atoms with Crippen molar-refractivity contribution in [3.63, 3.8) is 0 Å². The average Bonchev–Trinajstić information content (AvgIpc) is 2.71. The van der Waals surface area contributed by atoms with Gasteiger partial charge in [-0.15, -0.1) is 5.10 Å². The van der Waals surface area contributed by atoms with Crippen LogP contribution in [-0.4, -0.2) is 35.4 Å². The van der Waals surface area contributed by atoms with Crippen LogP contribution in [0.2, 0.25) is 0 Å². The van der Waals surface area contributed by atoms with Crippen LogP contribution < -0.4 is 15.4 Å². The maximum absolute atomic E-state index is 11.1. The second-order valence-corrected chi connectivity index (χ2v) is 3.05. The maximum atomic E-state index is 11.1. The molecule has 0 aliphatic rings. The fourth-order valence-corrected chi connectivity index (χ4v) is 1.29. The summed E-state index contributed by atoms with van der Waals surface area (Å²) in [5.41, 5.74) is 0.748. The van der Waals surface area contributed by atoms with Gasteiger partial charge in [0.1, 0.15) is 5.82 Å². The van der Waals surface area contributed by atoms with Crippen molar-refractivity contribution >= 4 is 22.8 Å². The Bertz CT molecular complexity index is 522. The highest BCUT2D eigenvalue weighted by molar-refractivity contribution is 5.91. The van der Waals surface area contributed by atoms with Gasteiger partial charge in [-0.3, -0.25) is 10.4 Å². The Morgan fingerprint density at radius 1 is 1.56 bits per heavy atom. The number of aromatic amines is 1. The zero-order chi connectivity index (χ0) is 11.5. The number of nitrogens with one attached hydrogen (secondary N) is 3. The molecule has 0 saturated carbocycles. The molecule has 2 amide bonds. The predicted molar refractivity (Wildman–Crippen MR) is 58.5 cm³/mol. The van der Waals surface area contributed by atoms with Crippen molar-refractivity contribution in [1.82, 2.24) is 20.5 Å². The van der Waals surface area contributed by atoms with Crippen molar-refractivity contribution in [3.8, 4) is 5.88 Å². The summed E-state index contributed by atoms with van der Waals surface area (Å²) in [6.45, 7) is 0. The van der Waals surface area contributed by atoms with E-state index in [-0.39, 0.29) is 6.03 Å². The maximum Gasteiger partial charge on any atom is 0.320 e.